The number of amides is 1. The molecule has 5 rings (SSSR count). The Hall–Kier alpha value is -3.77. The molecule has 170 valence electrons. The summed E-state index contributed by atoms with van der Waals surface area (Å²) in [7, 11) is 0. The van der Waals surface area contributed by atoms with Gasteiger partial charge in [-0.25, -0.2) is 9.78 Å². The lowest BCUT2D eigenvalue weighted by Gasteiger charge is -2.15. The highest BCUT2D eigenvalue weighted by Crippen LogP contribution is 2.38. The molecule has 0 spiro atoms. The lowest BCUT2D eigenvalue weighted by atomic mass is 10.0. The van der Waals surface area contributed by atoms with Crippen molar-refractivity contribution in [3.05, 3.63) is 99.4 Å². The van der Waals surface area contributed by atoms with Gasteiger partial charge in [0.05, 0.1) is 22.8 Å². The van der Waals surface area contributed by atoms with Gasteiger partial charge >= 0.3 is 5.97 Å². The molecule has 1 N–H and O–H groups in total. The van der Waals surface area contributed by atoms with Crippen molar-refractivity contribution in [1.82, 2.24) is 10.3 Å². The summed E-state index contributed by atoms with van der Waals surface area (Å²) < 4.78 is 5.50. The summed E-state index contributed by atoms with van der Waals surface area (Å²) >= 11 is 1.67. The number of thiophene rings is 1. The molecule has 1 aliphatic carbocycles. The van der Waals surface area contributed by atoms with Crippen molar-refractivity contribution < 1.29 is 14.3 Å². The third-order valence-corrected chi connectivity index (χ3v) is 6.84. The third-order valence-electron chi connectivity index (χ3n) is 6.02. The molecule has 0 radical (unpaired) electrons. The SMILES string of the molecule is C[C@H](NC(=O)COC(=O)c1c2c(nc3ccccc13)/C(=C\c1cccs1)CC2)c1ccccc1. The van der Waals surface area contributed by atoms with Crippen molar-refractivity contribution in [3.63, 3.8) is 0 Å². The average Bonchev–Trinajstić information content (AvgIpc) is 3.52. The molecule has 34 heavy (non-hydrogen) atoms. The minimum atomic E-state index is -0.491. The van der Waals surface area contributed by atoms with Gasteiger partial charge in [-0.1, -0.05) is 54.6 Å². The van der Waals surface area contributed by atoms with Gasteiger partial charge in [-0.2, -0.15) is 0 Å². The van der Waals surface area contributed by atoms with Gasteiger partial charge in [-0.05, 0) is 60.1 Å². The smallest absolute Gasteiger partial charge is 0.339 e. The first kappa shape index (κ1) is 22.0. The summed E-state index contributed by atoms with van der Waals surface area (Å²) in [5.74, 6) is -0.826. The maximum absolute atomic E-state index is 13.3. The van der Waals surface area contributed by atoms with E-state index >= 15 is 0 Å². The van der Waals surface area contributed by atoms with Crippen molar-refractivity contribution in [2.75, 3.05) is 6.61 Å². The number of nitrogens with one attached hydrogen (secondary N) is 1. The molecule has 1 aliphatic rings. The number of pyridine rings is 1. The van der Waals surface area contributed by atoms with Crippen LogP contribution in [0.4, 0.5) is 0 Å². The molecule has 2 aromatic carbocycles. The van der Waals surface area contributed by atoms with Crippen molar-refractivity contribution in [1.29, 1.82) is 0 Å². The van der Waals surface area contributed by atoms with Crippen LogP contribution in [0.15, 0.2) is 72.1 Å². The van der Waals surface area contributed by atoms with Gasteiger partial charge in [0, 0.05) is 10.3 Å². The molecule has 0 aliphatic heterocycles. The first-order chi connectivity index (χ1) is 16.6. The van der Waals surface area contributed by atoms with Crippen molar-refractivity contribution in [3.8, 4) is 0 Å². The van der Waals surface area contributed by atoms with E-state index in [4.69, 9.17) is 9.72 Å². The summed E-state index contributed by atoms with van der Waals surface area (Å²) in [6, 6.07) is 21.2. The van der Waals surface area contributed by atoms with Gasteiger partial charge in [0.1, 0.15) is 0 Å². The maximum Gasteiger partial charge on any atom is 0.339 e. The highest BCUT2D eigenvalue weighted by atomic mass is 32.1. The lowest BCUT2D eigenvalue weighted by Crippen LogP contribution is -2.31. The Kier molecular flexibility index (Phi) is 6.23. The van der Waals surface area contributed by atoms with E-state index in [-0.39, 0.29) is 18.6 Å². The topological polar surface area (TPSA) is 68.3 Å². The fraction of sp³-hybridized carbons (Fsp3) is 0.179. The Labute approximate surface area is 202 Å². The van der Waals surface area contributed by atoms with E-state index < -0.39 is 5.97 Å². The van der Waals surface area contributed by atoms with Crippen LogP contribution >= 0.6 is 11.3 Å². The van der Waals surface area contributed by atoms with Crippen molar-refractivity contribution in [2.45, 2.75) is 25.8 Å². The van der Waals surface area contributed by atoms with Crippen LogP contribution in [0.5, 0.6) is 0 Å². The van der Waals surface area contributed by atoms with Gasteiger partial charge < -0.3 is 10.1 Å². The molecule has 0 saturated heterocycles. The van der Waals surface area contributed by atoms with Crippen molar-refractivity contribution >= 4 is 45.8 Å². The van der Waals surface area contributed by atoms with Crippen LogP contribution < -0.4 is 5.32 Å². The number of nitrogens with zero attached hydrogens (tertiary/aromatic N) is 1. The largest absolute Gasteiger partial charge is 0.452 e. The Morgan fingerprint density at radius 1 is 1.06 bits per heavy atom. The maximum atomic E-state index is 13.3. The van der Waals surface area contributed by atoms with E-state index in [2.05, 4.69) is 17.5 Å². The molecule has 1 amide bonds. The molecule has 4 aromatic rings. The number of ether oxygens (including phenoxy) is 1. The predicted molar refractivity (Wildman–Crippen MR) is 136 cm³/mol. The number of fused-ring (bicyclic) bond motifs is 2. The number of hydrogen-bond acceptors (Lipinski definition) is 5. The minimum absolute atomic E-state index is 0.177. The third kappa shape index (κ3) is 4.50. The van der Waals surface area contributed by atoms with Crippen LogP contribution in [0.25, 0.3) is 22.6 Å². The Balaban J connectivity index is 1.39. The predicted octanol–water partition coefficient (Wildman–Crippen LogP) is 5.82. The molecule has 1 atom stereocenters. The molecule has 2 heterocycles. The van der Waals surface area contributed by atoms with Gasteiger partial charge in [-0.15, -0.1) is 11.3 Å². The Morgan fingerprint density at radius 2 is 1.85 bits per heavy atom. The number of aromatic nitrogens is 1. The monoisotopic (exact) mass is 468 g/mol. The zero-order chi connectivity index (χ0) is 23.5. The van der Waals surface area contributed by atoms with Crippen LogP contribution in [-0.4, -0.2) is 23.5 Å². The van der Waals surface area contributed by atoms with Crippen LogP contribution in [0, 0.1) is 0 Å². The molecule has 0 fully saturated rings. The highest BCUT2D eigenvalue weighted by molar-refractivity contribution is 7.10. The van der Waals surface area contributed by atoms with E-state index in [0.29, 0.717) is 12.0 Å². The zero-order valence-corrected chi connectivity index (χ0v) is 19.6. The number of carbonyl (C=O) groups excluding carboxylic acids is 2. The normalized spacial score (nSPS) is 14.7. The van der Waals surface area contributed by atoms with E-state index in [0.717, 1.165) is 44.6 Å². The summed E-state index contributed by atoms with van der Waals surface area (Å²) in [4.78, 5) is 31.8. The second kappa shape index (κ2) is 9.61. The summed E-state index contributed by atoms with van der Waals surface area (Å²) in [6.45, 7) is 1.57. The summed E-state index contributed by atoms with van der Waals surface area (Å²) in [5, 5.41) is 5.68. The molecule has 2 aromatic heterocycles. The Bertz CT molecular complexity index is 1380. The molecule has 0 bridgehead atoms. The second-order valence-corrected chi connectivity index (χ2v) is 9.27. The fourth-order valence-corrected chi connectivity index (χ4v) is 5.05. The first-order valence-electron chi connectivity index (χ1n) is 11.3. The average molecular weight is 469 g/mol. The lowest BCUT2D eigenvalue weighted by molar-refractivity contribution is -0.124. The van der Waals surface area contributed by atoms with Gasteiger partial charge in [0.15, 0.2) is 6.61 Å². The number of benzene rings is 2. The van der Waals surface area contributed by atoms with E-state index in [1.54, 1.807) is 11.3 Å². The molecular formula is C28H24N2O3S. The van der Waals surface area contributed by atoms with Crippen LogP contribution in [0.1, 0.15) is 51.4 Å². The van der Waals surface area contributed by atoms with Crippen LogP contribution in [-0.2, 0) is 16.0 Å². The van der Waals surface area contributed by atoms with Gasteiger partial charge in [0.25, 0.3) is 5.91 Å². The zero-order valence-electron chi connectivity index (χ0n) is 18.8. The van der Waals surface area contributed by atoms with E-state index in [9.17, 15) is 9.59 Å². The number of esters is 1. The minimum Gasteiger partial charge on any atom is -0.452 e. The molecular weight excluding hydrogens is 444 g/mol. The fourth-order valence-electron chi connectivity index (χ4n) is 4.37. The number of para-hydroxylation sites is 1. The van der Waals surface area contributed by atoms with Gasteiger partial charge in [-0.3, -0.25) is 4.79 Å². The first-order valence-corrected chi connectivity index (χ1v) is 12.2. The quantitative estimate of drug-likeness (QED) is 0.362. The van der Waals surface area contributed by atoms with Gasteiger partial charge in [0.2, 0.25) is 0 Å². The molecule has 6 heteroatoms. The standard InChI is InChI=1S/C28H24N2O3S/c1-18(19-8-3-2-4-9-19)29-25(31)17-33-28(32)26-22-11-5-6-12-24(22)30-27-20(13-14-23(26)27)16-21-10-7-15-34-21/h2-12,15-16,18H,13-14,17H2,1H3,(H,29,31)/b20-16-/t18-/m0/s1. The van der Waals surface area contributed by atoms with Crippen molar-refractivity contribution in [2.24, 2.45) is 0 Å². The number of allylic oxidation sites excluding steroid dienone is 1. The number of carbonyl (C=O) groups is 2. The summed E-state index contributed by atoms with van der Waals surface area (Å²) in [6.07, 6.45) is 3.67. The highest BCUT2D eigenvalue weighted by Gasteiger charge is 2.28. The van der Waals surface area contributed by atoms with Crippen LogP contribution in [0.3, 0.4) is 0 Å². The van der Waals surface area contributed by atoms with Crippen LogP contribution in [0.2, 0.25) is 0 Å². The summed E-state index contributed by atoms with van der Waals surface area (Å²) in [5.41, 5.74) is 5.11. The second-order valence-electron chi connectivity index (χ2n) is 8.29. The molecule has 0 saturated carbocycles. The Morgan fingerprint density at radius 3 is 2.65 bits per heavy atom. The number of rotatable bonds is 6. The van der Waals surface area contributed by atoms with E-state index in [1.165, 1.54) is 0 Å². The molecule has 0 unspecified atom stereocenters. The van der Waals surface area contributed by atoms with E-state index in [1.807, 2.05) is 73.0 Å². The molecule has 5 nitrogen and oxygen atoms in total. The number of hydrogen-bond donors (Lipinski definition) is 1.